The zero-order valence-corrected chi connectivity index (χ0v) is 12.8. The van der Waals surface area contributed by atoms with Crippen molar-refractivity contribution in [3.63, 3.8) is 0 Å². The smallest absolute Gasteiger partial charge is 0.331 e. The Labute approximate surface area is 126 Å². The van der Waals surface area contributed by atoms with E-state index in [0.29, 0.717) is 18.5 Å². The van der Waals surface area contributed by atoms with Crippen molar-refractivity contribution in [2.45, 2.75) is 13.3 Å². The minimum absolute atomic E-state index is 0.433. The maximum Gasteiger partial charge on any atom is 0.331 e. The molecule has 0 saturated heterocycles. The van der Waals surface area contributed by atoms with Crippen molar-refractivity contribution < 1.29 is 9.90 Å². The first-order chi connectivity index (χ1) is 9.60. The van der Waals surface area contributed by atoms with Gasteiger partial charge in [0.25, 0.3) is 0 Å². The van der Waals surface area contributed by atoms with Crippen LogP contribution in [0.4, 0.5) is 5.69 Å². The normalized spacial score (nSPS) is 11.6. The number of carboxylic acid groups (broad SMARTS) is 1. The van der Waals surface area contributed by atoms with Gasteiger partial charge in [-0.1, -0.05) is 41.1 Å². The fraction of sp³-hybridized carbons (Fsp3) is 0.188. The van der Waals surface area contributed by atoms with Crippen LogP contribution in [-0.2, 0) is 4.79 Å². The molecule has 0 unspecified atom stereocenters. The number of nitrogens with one attached hydrogen (secondary N) is 1. The lowest BCUT2D eigenvalue weighted by Gasteiger charge is -2.06. The highest BCUT2D eigenvalue weighted by Crippen LogP contribution is 2.22. The molecule has 2 rings (SSSR count). The lowest BCUT2D eigenvalue weighted by atomic mass is 10.1. The van der Waals surface area contributed by atoms with E-state index in [1.165, 1.54) is 5.39 Å². The highest BCUT2D eigenvalue weighted by Gasteiger charge is 2.03. The van der Waals surface area contributed by atoms with Crippen LogP contribution in [0.25, 0.3) is 10.8 Å². The number of halogens is 1. The Bertz CT molecular complexity index is 665. The molecule has 0 radical (unpaired) electrons. The molecule has 2 N–H and O–H groups in total. The van der Waals surface area contributed by atoms with Crippen LogP contribution in [0.3, 0.4) is 0 Å². The Morgan fingerprint density at radius 3 is 2.65 bits per heavy atom. The van der Waals surface area contributed by atoms with Crippen LogP contribution < -0.4 is 5.32 Å². The minimum atomic E-state index is -0.849. The summed E-state index contributed by atoms with van der Waals surface area (Å²) in [4.78, 5) is 10.9. The van der Waals surface area contributed by atoms with Crippen molar-refractivity contribution in [1.29, 1.82) is 0 Å². The van der Waals surface area contributed by atoms with Gasteiger partial charge in [-0.3, -0.25) is 0 Å². The van der Waals surface area contributed by atoms with Crippen LogP contribution in [-0.4, -0.2) is 17.6 Å². The number of carbonyl (C=O) groups is 1. The summed E-state index contributed by atoms with van der Waals surface area (Å²) in [6.45, 7) is 2.35. The third-order valence-corrected chi connectivity index (χ3v) is 3.61. The van der Waals surface area contributed by atoms with E-state index in [-0.39, 0.29) is 0 Å². The first kappa shape index (κ1) is 14.6. The van der Waals surface area contributed by atoms with E-state index in [1.54, 1.807) is 6.08 Å². The van der Waals surface area contributed by atoms with Gasteiger partial charge in [0.05, 0.1) is 0 Å². The molecule has 0 aromatic heterocycles. The highest BCUT2D eigenvalue weighted by atomic mass is 79.9. The Morgan fingerprint density at radius 1 is 1.25 bits per heavy atom. The van der Waals surface area contributed by atoms with Crippen LogP contribution in [0.1, 0.15) is 13.3 Å². The molecular formula is C16H16BrNO2. The Morgan fingerprint density at radius 2 is 1.95 bits per heavy atom. The summed E-state index contributed by atoms with van der Waals surface area (Å²) in [6, 6.07) is 12.2. The largest absolute Gasteiger partial charge is 0.478 e. The van der Waals surface area contributed by atoms with Crippen LogP contribution in [0.15, 0.2) is 52.5 Å². The topological polar surface area (TPSA) is 49.3 Å². The summed E-state index contributed by atoms with van der Waals surface area (Å²) in [5, 5.41) is 14.5. The molecule has 2 aromatic carbocycles. The van der Waals surface area contributed by atoms with Gasteiger partial charge in [0.15, 0.2) is 0 Å². The third kappa shape index (κ3) is 3.61. The van der Waals surface area contributed by atoms with E-state index in [1.807, 2.05) is 25.1 Å². The van der Waals surface area contributed by atoms with Crippen molar-refractivity contribution in [2.24, 2.45) is 0 Å². The maximum atomic E-state index is 10.9. The van der Waals surface area contributed by atoms with Crippen LogP contribution in [0, 0.1) is 0 Å². The highest BCUT2D eigenvalue weighted by molar-refractivity contribution is 9.10. The van der Waals surface area contributed by atoms with Gasteiger partial charge in [-0.25, -0.2) is 4.79 Å². The van der Waals surface area contributed by atoms with E-state index in [2.05, 4.69) is 39.4 Å². The van der Waals surface area contributed by atoms with Crippen molar-refractivity contribution in [3.05, 3.63) is 52.5 Å². The SMILES string of the molecule is CC/C(=C/CNc1ccc2cc(Br)ccc2c1)C(=O)O. The fourth-order valence-electron chi connectivity index (χ4n) is 2.00. The molecule has 0 atom stereocenters. The standard InChI is InChI=1S/C16H16BrNO2/c1-2-11(16(19)20)7-8-18-15-6-4-12-9-14(17)5-3-13(12)10-15/h3-7,9-10,18H,2,8H2,1H3,(H,19,20)/b11-7-. The van der Waals surface area contributed by atoms with Gasteiger partial charge in [0.2, 0.25) is 0 Å². The molecule has 4 heteroatoms. The van der Waals surface area contributed by atoms with Crippen LogP contribution in [0.2, 0.25) is 0 Å². The third-order valence-electron chi connectivity index (χ3n) is 3.11. The van der Waals surface area contributed by atoms with Crippen LogP contribution in [0.5, 0.6) is 0 Å². The zero-order valence-electron chi connectivity index (χ0n) is 11.2. The summed E-state index contributed by atoms with van der Waals surface area (Å²) in [5.74, 6) is -0.849. The molecular weight excluding hydrogens is 318 g/mol. The van der Waals surface area contributed by atoms with Crippen molar-refractivity contribution in [1.82, 2.24) is 0 Å². The average molecular weight is 334 g/mol. The van der Waals surface area contributed by atoms with Gasteiger partial charge >= 0.3 is 5.97 Å². The second kappa shape index (κ2) is 6.57. The van der Waals surface area contributed by atoms with Gasteiger partial charge in [0, 0.05) is 22.3 Å². The second-order valence-electron chi connectivity index (χ2n) is 4.48. The molecule has 0 fully saturated rings. The average Bonchev–Trinajstić information content (AvgIpc) is 2.43. The molecule has 2 aromatic rings. The van der Waals surface area contributed by atoms with E-state index in [0.717, 1.165) is 15.5 Å². The first-order valence-corrected chi connectivity index (χ1v) is 7.25. The molecule has 0 spiro atoms. The van der Waals surface area contributed by atoms with Crippen molar-refractivity contribution >= 4 is 38.4 Å². The summed E-state index contributed by atoms with van der Waals surface area (Å²) >= 11 is 3.45. The lowest BCUT2D eigenvalue weighted by molar-refractivity contribution is -0.132. The number of benzene rings is 2. The van der Waals surface area contributed by atoms with E-state index < -0.39 is 5.97 Å². The zero-order chi connectivity index (χ0) is 14.5. The first-order valence-electron chi connectivity index (χ1n) is 6.45. The molecule has 104 valence electrons. The van der Waals surface area contributed by atoms with Crippen molar-refractivity contribution in [2.75, 3.05) is 11.9 Å². The molecule has 0 aliphatic rings. The number of anilines is 1. The summed E-state index contributed by atoms with van der Waals surface area (Å²) in [5.41, 5.74) is 1.42. The fourth-order valence-corrected chi connectivity index (χ4v) is 2.38. The van der Waals surface area contributed by atoms with E-state index >= 15 is 0 Å². The van der Waals surface area contributed by atoms with E-state index in [4.69, 9.17) is 5.11 Å². The van der Waals surface area contributed by atoms with Gasteiger partial charge < -0.3 is 10.4 Å². The number of hydrogen-bond acceptors (Lipinski definition) is 2. The van der Waals surface area contributed by atoms with Gasteiger partial charge in [0.1, 0.15) is 0 Å². The monoisotopic (exact) mass is 333 g/mol. The molecule has 20 heavy (non-hydrogen) atoms. The molecule has 0 amide bonds. The minimum Gasteiger partial charge on any atom is -0.478 e. The molecule has 0 bridgehead atoms. The molecule has 3 nitrogen and oxygen atoms in total. The lowest BCUT2D eigenvalue weighted by Crippen LogP contribution is -2.04. The van der Waals surface area contributed by atoms with Crippen LogP contribution >= 0.6 is 15.9 Å². The Kier molecular flexibility index (Phi) is 4.79. The number of fused-ring (bicyclic) bond motifs is 1. The molecule has 0 saturated carbocycles. The quantitative estimate of drug-likeness (QED) is 0.795. The second-order valence-corrected chi connectivity index (χ2v) is 5.39. The molecule has 0 heterocycles. The number of rotatable bonds is 5. The van der Waals surface area contributed by atoms with E-state index in [9.17, 15) is 4.79 Å². The van der Waals surface area contributed by atoms with Gasteiger partial charge in [-0.15, -0.1) is 0 Å². The molecule has 0 aliphatic carbocycles. The van der Waals surface area contributed by atoms with Gasteiger partial charge in [-0.2, -0.15) is 0 Å². The number of hydrogen-bond donors (Lipinski definition) is 2. The number of aliphatic carboxylic acids is 1. The van der Waals surface area contributed by atoms with Crippen molar-refractivity contribution in [3.8, 4) is 0 Å². The van der Waals surface area contributed by atoms with Gasteiger partial charge in [-0.05, 0) is 41.5 Å². The summed E-state index contributed by atoms with van der Waals surface area (Å²) < 4.78 is 1.06. The summed E-state index contributed by atoms with van der Waals surface area (Å²) in [7, 11) is 0. The Balaban J connectivity index is 2.11. The predicted octanol–water partition coefficient (Wildman–Crippen LogP) is 4.44. The number of carboxylic acids is 1. The molecule has 0 aliphatic heterocycles. The summed E-state index contributed by atoms with van der Waals surface area (Å²) in [6.07, 6.45) is 2.25. The Hall–Kier alpha value is -1.81. The predicted molar refractivity (Wildman–Crippen MR) is 86.1 cm³/mol. The maximum absolute atomic E-state index is 10.9.